The highest BCUT2D eigenvalue weighted by Gasteiger charge is 2.28. The third kappa shape index (κ3) is 6.06. The van der Waals surface area contributed by atoms with Gasteiger partial charge in [-0.15, -0.1) is 0 Å². The highest BCUT2D eigenvalue weighted by molar-refractivity contribution is 5.90. The Labute approximate surface area is 227 Å². The van der Waals surface area contributed by atoms with Crippen molar-refractivity contribution in [1.82, 2.24) is 39.5 Å². The molecule has 0 bridgehead atoms. The van der Waals surface area contributed by atoms with Crippen LogP contribution in [0.15, 0.2) is 55.1 Å². The lowest BCUT2D eigenvalue weighted by Crippen LogP contribution is -2.49. The number of hydrogen-bond donors (Lipinski definition) is 2. The molecule has 11 nitrogen and oxygen atoms in total. The van der Waals surface area contributed by atoms with Crippen LogP contribution in [0.3, 0.4) is 0 Å². The molecule has 0 saturated carbocycles. The van der Waals surface area contributed by atoms with Crippen LogP contribution in [0.5, 0.6) is 0 Å². The molecule has 1 aliphatic heterocycles. The number of piperazine rings is 1. The fraction of sp³-hybridized carbons (Fsp3) is 0.346. The second kappa shape index (κ2) is 11.0. The van der Waals surface area contributed by atoms with Gasteiger partial charge in [-0.05, 0) is 32.2 Å². The molecule has 40 heavy (non-hydrogen) atoms. The molecule has 2 N–H and O–H groups in total. The largest absolute Gasteiger partial charge is 0.405 e. The fourth-order valence-electron chi connectivity index (χ4n) is 4.45. The quantitative estimate of drug-likeness (QED) is 0.378. The van der Waals surface area contributed by atoms with E-state index < -0.39 is 24.8 Å². The van der Waals surface area contributed by atoms with Crippen LogP contribution in [0.2, 0.25) is 0 Å². The molecule has 210 valence electrons. The number of fused-ring (bicyclic) bond motifs is 1. The molecule has 1 atom stereocenters. The van der Waals surface area contributed by atoms with E-state index in [0.717, 1.165) is 24.2 Å². The van der Waals surface area contributed by atoms with Crippen LogP contribution in [-0.2, 0) is 4.79 Å². The summed E-state index contributed by atoms with van der Waals surface area (Å²) >= 11 is 0. The number of halogens is 3. The van der Waals surface area contributed by atoms with Crippen molar-refractivity contribution in [2.45, 2.75) is 19.1 Å². The van der Waals surface area contributed by atoms with Crippen LogP contribution in [-0.4, -0.2) is 92.1 Å². The van der Waals surface area contributed by atoms with Crippen LogP contribution >= 0.6 is 0 Å². The minimum absolute atomic E-state index is 0.0313. The molecular formula is C26H28F3N9O2. The lowest BCUT2D eigenvalue weighted by molar-refractivity contribution is -0.136. The molecule has 0 aliphatic carbocycles. The zero-order chi connectivity index (χ0) is 28.4. The summed E-state index contributed by atoms with van der Waals surface area (Å²) in [5, 5.41) is 13.1. The van der Waals surface area contributed by atoms with Crippen LogP contribution in [0.1, 0.15) is 13.0 Å². The third-order valence-corrected chi connectivity index (χ3v) is 6.73. The van der Waals surface area contributed by atoms with Crippen LogP contribution < -0.4 is 10.6 Å². The molecule has 1 aromatic carbocycles. The number of rotatable bonds is 6. The molecule has 5 rings (SSSR count). The number of amides is 3. The second-order valence-electron chi connectivity index (χ2n) is 9.67. The van der Waals surface area contributed by atoms with E-state index in [9.17, 15) is 22.8 Å². The summed E-state index contributed by atoms with van der Waals surface area (Å²) < 4.78 is 40.4. The molecule has 4 heterocycles. The van der Waals surface area contributed by atoms with Gasteiger partial charge in [-0.25, -0.2) is 14.3 Å². The van der Waals surface area contributed by atoms with Gasteiger partial charge < -0.3 is 20.4 Å². The van der Waals surface area contributed by atoms with Gasteiger partial charge in [0.05, 0.1) is 24.3 Å². The van der Waals surface area contributed by atoms with Gasteiger partial charge in [0.1, 0.15) is 12.6 Å². The van der Waals surface area contributed by atoms with Crippen LogP contribution in [0.25, 0.3) is 28.0 Å². The van der Waals surface area contributed by atoms with Crippen molar-refractivity contribution >= 4 is 23.3 Å². The zero-order valence-electron chi connectivity index (χ0n) is 21.9. The maximum atomic E-state index is 13.0. The highest BCUT2D eigenvalue weighted by atomic mass is 19.4. The van der Waals surface area contributed by atoms with E-state index in [2.05, 4.69) is 25.4 Å². The summed E-state index contributed by atoms with van der Waals surface area (Å²) in [6.45, 7) is 3.49. The third-order valence-electron chi connectivity index (χ3n) is 6.73. The van der Waals surface area contributed by atoms with Gasteiger partial charge in [0.15, 0.2) is 5.65 Å². The maximum absolute atomic E-state index is 13.0. The number of hydrogen-bond acceptors (Lipinski definition) is 6. The number of anilines is 1. The monoisotopic (exact) mass is 555 g/mol. The number of urea groups is 1. The first-order chi connectivity index (χ1) is 19.1. The van der Waals surface area contributed by atoms with Gasteiger partial charge in [0, 0.05) is 54.8 Å². The molecule has 14 heteroatoms. The number of carbonyl (C=O) groups excluding carboxylic acids is 2. The average molecular weight is 556 g/mol. The Kier molecular flexibility index (Phi) is 7.43. The normalized spacial score (nSPS) is 15.3. The minimum atomic E-state index is -4.50. The Morgan fingerprint density at radius 3 is 2.50 bits per heavy atom. The summed E-state index contributed by atoms with van der Waals surface area (Å²) in [4.78, 5) is 33.3. The van der Waals surface area contributed by atoms with Crippen molar-refractivity contribution in [3.63, 3.8) is 0 Å². The SMILES string of the molecule is CC(C(=O)N1CCN(C)CC1)n1cc(-c2cnn3c(-c4cccc(NC(=O)NCC(F)(F)F)c4)cnc3c2)cn1. The Morgan fingerprint density at radius 2 is 1.75 bits per heavy atom. The van der Waals surface area contributed by atoms with E-state index in [1.807, 2.05) is 31.1 Å². The van der Waals surface area contributed by atoms with Crippen molar-refractivity contribution < 1.29 is 22.8 Å². The van der Waals surface area contributed by atoms with Gasteiger partial charge in [0.25, 0.3) is 0 Å². The van der Waals surface area contributed by atoms with Gasteiger partial charge in [-0.2, -0.15) is 23.4 Å². The molecule has 4 aromatic rings. The summed E-state index contributed by atoms with van der Waals surface area (Å²) in [5.41, 5.74) is 3.72. The number of imidazole rings is 1. The second-order valence-corrected chi connectivity index (χ2v) is 9.67. The predicted molar refractivity (Wildman–Crippen MR) is 142 cm³/mol. The summed E-state index contributed by atoms with van der Waals surface area (Å²) in [6, 6.07) is 7.08. The number of carbonyl (C=O) groups is 2. The van der Waals surface area contributed by atoms with Gasteiger partial charge in [-0.3, -0.25) is 9.48 Å². The van der Waals surface area contributed by atoms with Crippen molar-refractivity contribution in [3.8, 4) is 22.4 Å². The predicted octanol–water partition coefficient (Wildman–Crippen LogP) is 3.28. The Morgan fingerprint density at radius 1 is 1.00 bits per heavy atom. The average Bonchev–Trinajstić information content (AvgIpc) is 3.59. The van der Waals surface area contributed by atoms with E-state index in [1.54, 1.807) is 57.4 Å². The lowest BCUT2D eigenvalue weighted by atomic mass is 10.1. The minimum Gasteiger partial charge on any atom is -0.338 e. The molecule has 1 fully saturated rings. The van der Waals surface area contributed by atoms with E-state index in [4.69, 9.17) is 0 Å². The van der Waals surface area contributed by atoms with Crippen molar-refractivity contribution in [2.75, 3.05) is 45.1 Å². The molecule has 3 aromatic heterocycles. The number of likely N-dealkylation sites (N-methyl/N-ethyl adjacent to an activating group) is 1. The molecule has 3 amide bonds. The van der Waals surface area contributed by atoms with E-state index in [-0.39, 0.29) is 5.91 Å². The first kappa shape index (κ1) is 27.1. The van der Waals surface area contributed by atoms with E-state index in [0.29, 0.717) is 35.7 Å². The zero-order valence-corrected chi connectivity index (χ0v) is 21.9. The number of aromatic nitrogens is 5. The standard InChI is InChI=1S/C26H28F3N9O2/c1-17(24(39)36-8-6-35(2)7-9-36)37-15-20(13-32-37)19-11-23-30-14-22(38(23)33-12-19)18-4-3-5-21(10-18)34-25(40)31-16-26(27,28)29/h3-5,10-15,17H,6-9,16H2,1-2H3,(H2,31,34,40). The molecule has 0 spiro atoms. The summed E-state index contributed by atoms with van der Waals surface area (Å²) in [7, 11) is 2.04. The summed E-state index contributed by atoms with van der Waals surface area (Å²) in [6.07, 6.45) is 2.28. The molecular weight excluding hydrogens is 527 g/mol. The first-order valence-corrected chi connectivity index (χ1v) is 12.6. The van der Waals surface area contributed by atoms with E-state index >= 15 is 0 Å². The highest BCUT2D eigenvalue weighted by Crippen LogP contribution is 2.26. The fourth-order valence-corrected chi connectivity index (χ4v) is 4.45. The Bertz CT molecular complexity index is 1520. The topological polar surface area (TPSA) is 113 Å². The molecule has 1 saturated heterocycles. The van der Waals surface area contributed by atoms with Crippen molar-refractivity contribution in [3.05, 3.63) is 55.1 Å². The Hall–Kier alpha value is -4.46. The number of nitrogens with one attached hydrogen (secondary N) is 2. The lowest BCUT2D eigenvalue weighted by Gasteiger charge is -2.33. The van der Waals surface area contributed by atoms with Crippen LogP contribution in [0.4, 0.5) is 23.7 Å². The number of nitrogens with zero attached hydrogens (tertiary/aromatic N) is 7. The first-order valence-electron chi connectivity index (χ1n) is 12.6. The number of benzene rings is 1. The Balaban J connectivity index is 1.30. The van der Waals surface area contributed by atoms with Gasteiger partial charge in [-0.1, -0.05) is 12.1 Å². The van der Waals surface area contributed by atoms with E-state index in [1.165, 1.54) is 0 Å². The maximum Gasteiger partial charge on any atom is 0.405 e. The van der Waals surface area contributed by atoms with Gasteiger partial charge >= 0.3 is 12.2 Å². The molecule has 1 unspecified atom stereocenters. The van der Waals surface area contributed by atoms with Crippen LogP contribution in [0, 0.1) is 0 Å². The van der Waals surface area contributed by atoms with Crippen molar-refractivity contribution in [2.24, 2.45) is 0 Å². The smallest absolute Gasteiger partial charge is 0.338 e. The molecule has 1 aliphatic rings. The van der Waals surface area contributed by atoms with Crippen molar-refractivity contribution in [1.29, 1.82) is 0 Å². The summed E-state index contributed by atoms with van der Waals surface area (Å²) in [5.74, 6) is 0.0313. The number of alkyl halides is 3. The molecule has 0 radical (unpaired) electrons. The van der Waals surface area contributed by atoms with Gasteiger partial charge in [0.2, 0.25) is 5.91 Å².